The molecule has 0 N–H and O–H groups in total. The SMILES string of the molecule is FC(F)(F)CC1CN1Cc1ccccc1. The Balaban J connectivity index is 1.81. The van der Waals surface area contributed by atoms with Crippen LogP contribution in [0.15, 0.2) is 30.3 Å². The van der Waals surface area contributed by atoms with E-state index in [1.165, 1.54) is 0 Å². The van der Waals surface area contributed by atoms with E-state index in [0.717, 1.165) is 5.56 Å². The van der Waals surface area contributed by atoms with Gasteiger partial charge in [0, 0.05) is 19.1 Å². The van der Waals surface area contributed by atoms with Crippen molar-refractivity contribution in [2.45, 2.75) is 25.2 Å². The molecular formula is C11H12F3N. The first-order valence-electron chi connectivity index (χ1n) is 4.89. The van der Waals surface area contributed by atoms with Crippen molar-refractivity contribution in [3.63, 3.8) is 0 Å². The fourth-order valence-electron chi connectivity index (χ4n) is 1.70. The van der Waals surface area contributed by atoms with Crippen molar-refractivity contribution in [3.05, 3.63) is 35.9 Å². The van der Waals surface area contributed by atoms with Crippen molar-refractivity contribution in [2.24, 2.45) is 0 Å². The van der Waals surface area contributed by atoms with Gasteiger partial charge in [-0.3, -0.25) is 4.90 Å². The summed E-state index contributed by atoms with van der Waals surface area (Å²) in [6.07, 6.45) is -4.71. The van der Waals surface area contributed by atoms with Crippen molar-refractivity contribution in [3.8, 4) is 0 Å². The van der Waals surface area contributed by atoms with Gasteiger partial charge in [0.15, 0.2) is 0 Å². The van der Waals surface area contributed by atoms with Crippen molar-refractivity contribution in [1.29, 1.82) is 0 Å². The molecule has 1 aromatic carbocycles. The maximum Gasteiger partial charge on any atom is 0.390 e. The van der Waals surface area contributed by atoms with Crippen molar-refractivity contribution >= 4 is 0 Å². The fourth-order valence-corrected chi connectivity index (χ4v) is 1.70. The summed E-state index contributed by atoms with van der Waals surface area (Å²) in [5, 5.41) is 0. The third-order valence-electron chi connectivity index (χ3n) is 2.52. The molecule has 1 aromatic rings. The zero-order chi connectivity index (χ0) is 10.9. The summed E-state index contributed by atoms with van der Waals surface area (Å²) in [7, 11) is 0. The van der Waals surface area contributed by atoms with E-state index in [4.69, 9.17) is 0 Å². The summed E-state index contributed by atoms with van der Waals surface area (Å²) in [4.78, 5) is 1.84. The highest BCUT2D eigenvalue weighted by molar-refractivity contribution is 5.15. The molecule has 15 heavy (non-hydrogen) atoms. The highest BCUT2D eigenvalue weighted by Crippen LogP contribution is 2.32. The monoisotopic (exact) mass is 215 g/mol. The number of hydrogen-bond donors (Lipinski definition) is 0. The van der Waals surface area contributed by atoms with Crippen LogP contribution in [0.5, 0.6) is 0 Å². The van der Waals surface area contributed by atoms with Gasteiger partial charge >= 0.3 is 6.18 Å². The Hall–Kier alpha value is -1.03. The maximum atomic E-state index is 12.0. The minimum atomic E-state index is -4.03. The Morgan fingerprint density at radius 2 is 1.87 bits per heavy atom. The molecule has 82 valence electrons. The highest BCUT2D eigenvalue weighted by atomic mass is 19.4. The molecule has 1 nitrogen and oxygen atoms in total. The standard InChI is InChI=1S/C11H12F3N/c12-11(13,14)6-10-8-15(10)7-9-4-2-1-3-5-9/h1-5,10H,6-8H2. The number of nitrogens with zero attached hydrogens (tertiary/aromatic N) is 1. The second kappa shape index (κ2) is 3.85. The molecule has 1 aliphatic rings. The zero-order valence-electron chi connectivity index (χ0n) is 8.17. The first kappa shape index (κ1) is 10.5. The molecule has 1 saturated heterocycles. The number of alkyl halides is 3. The third-order valence-corrected chi connectivity index (χ3v) is 2.52. The molecule has 2 rings (SSSR count). The van der Waals surface area contributed by atoms with Gasteiger partial charge in [-0.05, 0) is 5.56 Å². The number of rotatable bonds is 3. The van der Waals surface area contributed by atoms with Gasteiger partial charge in [0.2, 0.25) is 0 Å². The van der Waals surface area contributed by atoms with Crippen LogP contribution >= 0.6 is 0 Å². The Kier molecular flexibility index (Phi) is 2.69. The molecule has 0 spiro atoms. The van der Waals surface area contributed by atoms with Gasteiger partial charge in [0.1, 0.15) is 0 Å². The van der Waals surface area contributed by atoms with Crippen LogP contribution in [-0.4, -0.2) is 23.7 Å². The molecule has 0 amide bonds. The average Bonchev–Trinajstić information content (AvgIpc) is 2.82. The predicted octanol–water partition coefficient (Wildman–Crippen LogP) is 2.82. The van der Waals surface area contributed by atoms with Gasteiger partial charge in [-0.2, -0.15) is 13.2 Å². The summed E-state index contributed by atoms with van der Waals surface area (Å²) in [5.41, 5.74) is 1.07. The van der Waals surface area contributed by atoms with Gasteiger partial charge in [-0.1, -0.05) is 30.3 Å². The molecule has 0 saturated carbocycles. The van der Waals surface area contributed by atoms with Crippen LogP contribution in [0.3, 0.4) is 0 Å². The lowest BCUT2D eigenvalue weighted by molar-refractivity contribution is -0.135. The molecule has 2 atom stereocenters. The molecule has 2 unspecified atom stereocenters. The lowest BCUT2D eigenvalue weighted by atomic mass is 10.2. The first-order valence-corrected chi connectivity index (χ1v) is 4.89. The van der Waals surface area contributed by atoms with E-state index in [-0.39, 0.29) is 6.04 Å². The van der Waals surface area contributed by atoms with Crippen molar-refractivity contribution < 1.29 is 13.2 Å². The Morgan fingerprint density at radius 1 is 1.20 bits per heavy atom. The second-order valence-electron chi connectivity index (χ2n) is 3.89. The molecular weight excluding hydrogens is 203 g/mol. The van der Waals surface area contributed by atoms with Gasteiger partial charge in [0.25, 0.3) is 0 Å². The van der Waals surface area contributed by atoms with E-state index >= 15 is 0 Å². The smallest absolute Gasteiger partial charge is 0.293 e. The highest BCUT2D eigenvalue weighted by Gasteiger charge is 2.42. The third kappa shape index (κ3) is 3.23. The lowest BCUT2D eigenvalue weighted by Gasteiger charge is -2.06. The lowest BCUT2D eigenvalue weighted by Crippen LogP contribution is -2.14. The van der Waals surface area contributed by atoms with E-state index in [2.05, 4.69) is 0 Å². The first-order chi connectivity index (χ1) is 7.04. The van der Waals surface area contributed by atoms with E-state index in [1.54, 1.807) is 0 Å². The van der Waals surface area contributed by atoms with Crippen molar-refractivity contribution in [1.82, 2.24) is 4.90 Å². The van der Waals surface area contributed by atoms with Crippen LogP contribution in [0.2, 0.25) is 0 Å². The van der Waals surface area contributed by atoms with E-state index in [9.17, 15) is 13.2 Å². The zero-order valence-corrected chi connectivity index (χ0v) is 8.17. The molecule has 0 aliphatic carbocycles. The minimum Gasteiger partial charge on any atom is -0.293 e. The molecule has 1 aliphatic heterocycles. The predicted molar refractivity (Wildman–Crippen MR) is 51.3 cm³/mol. The fraction of sp³-hybridized carbons (Fsp3) is 0.455. The summed E-state index contributed by atoms with van der Waals surface area (Å²) in [6.45, 7) is 1.19. The number of benzene rings is 1. The van der Waals surface area contributed by atoms with Gasteiger partial charge in [-0.15, -0.1) is 0 Å². The summed E-state index contributed by atoms with van der Waals surface area (Å²) in [5.74, 6) is 0. The molecule has 4 heteroatoms. The number of halogens is 3. The molecule has 0 aromatic heterocycles. The van der Waals surface area contributed by atoms with E-state index in [1.807, 2.05) is 35.2 Å². The summed E-state index contributed by atoms with van der Waals surface area (Å²) < 4.78 is 36.1. The molecule has 0 radical (unpaired) electrons. The van der Waals surface area contributed by atoms with Crippen LogP contribution in [0.4, 0.5) is 13.2 Å². The van der Waals surface area contributed by atoms with Crippen LogP contribution in [0.1, 0.15) is 12.0 Å². The topological polar surface area (TPSA) is 3.01 Å². The quantitative estimate of drug-likeness (QED) is 0.700. The molecule has 1 heterocycles. The van der Waals surface area contributed by atoms with Crippen LogP contribution in [-0.2, 0) is 6.54 Å². The maximum absolute atomic E-state index is 12.0. The van der Waals surface area contributed by atoms with Crippen molar-refractivity contribution in [2.75, 3.05) is 6.54 Å². The Labute approximate surface area is 86.5 Å². The van der Waals surface area contributed by atoms with Gasteiger partial charge in [-0.25, -0.2) is 0 Å². The number of hydrogen-bond acceptors (Lipinski definition) is 1. The van der Waals surface area contributed by atoms with Crippen LogP contribution in [0.25, 0.3) is 0 Å². The van der Waals surface area contributed by atoms with Gasteiger partial charge < -0.3 is 0 Å². The Morgan fingerprint density at radius 3 is 2.47 bits per heavy atom. The molecule has 0 bridgehead atoms. The second-order valence-corrected chi connectivity index (χ2v) is 3.89. The van der Waals surface area contributed by atoms with E-state index < -0.39 is 12.6 Å². The van der Waals surface area contributed by atoms with Crippen LogP contribution in [0, 0.1) is 0 Å². The van der Waals surface area contributed by atoms with Gasteiger partial charge in [0.05, 0.1) is 6.42 Å². The Bertz CT molecular complexity index is 320. The van der Waals surface area contributed by atoms with Crippen LogP contribution < -0.4 is 0 Å². The normalized spacial score (nSPS) is 25.3. The summed E-state index contributed by atoms with van der Waals surface area (Å²) >= 11 is 0. The molecule has 1 fully saturated rings. The largest absolute Gasteiger partial charge is 0.390 e. The average molecular weight is 215 g/mol. The minimum absolute atomic E-state index is 0.301. The van der Waals surface area contributed by atoms with E-state index in [0.29, 0.717) is 13.1 Å². The summed E-state index contributed by atoms with van der Waals surface area (Å²) in [6, 6.07) is 9.27.